The molecule has 7 heteroatoms. The molecule has 0 aliphatic carbocycles. The van der Waals surface area contributed by atoms with Gasteiger partial charge in [0.25, 0.3) is 0 Å². The molecule has 2 heterocycles. The summed E-state index contributed by atoms with van der Waals surface area (Å²) >= 11 is 0. The predicted octanol–water partition coefficient (Wildman–Crippen LogP) is 4.15. The molecule has 0 amide bonds. The molecule has 2 aromatic rings. The third-order valence-corrected chi connectivity index (χ3v) is 5.08. The van der Waals surface area contributed by atoms with Crippen LogP contribution in [0.15, 0.2) is 41.5 Å². The Morgan fingerprint density at radius 1 is 1.28 bits per heavy atom. The molecule has 1 atom stereocenters. The SMILES string of the molecule is CN=C(NCc1ccnc(Oc2ccc(C)c(C)c2)c1)N(C)CC1CCOC1.I. The van der Waals surface area contributed by atoms with Crippen molar-refractivity contribution in [2.45, 2.75) is 26.8 Å². The van der Waals surface area contributed by atoms with Crippen LogP contribution in [0.4, 0.5) is 0 Å². The summed E-state index contributed by atoms with van der Waals surface area (Å²) in [5, 5.41) is 3.42. The van der Waals surface area contributed by atoms with E-state index < -0.39 is 0 Å². The van der Waals surface area contributed by atoms with Crippen LogP contribution in [0.5, 0.6) is 11.6 Å². The quantitative estimate of drug-likeness (QED) is 0.360. The van der Waals surface area contributed by atoms with Gasteiger partial charge in [-0.3, -0.25) is 4.99 Å². The van der Waals surface area contributed by atoms with E-state index in [4.69, 9.17) is 9.47 Å². The smallest absolute Gasteiger partial charge is 0.219 e. The van der Waals surface area contributed by atoms with Gasteiger partial charge in [0, 0.05) is 52.0 Å². The van der Waals surface area contributed by atoms with E-state index in [0.717, 1.165) is 43.5 Å². The Kier molecular flexibility index (Phi) is 9.16. The lowest BCUT2D eigenvalue weighted by molar-refractivity contribution is 0.181. The molecule has 1 aromatic carbocycles. The maximum Gasteiger partial charge on any atom is 0.219 e. The van der Waals surface area contributed by atoms with Crippen LogP contribution in [0.2, 0.25) is 0 Å². The van der Waals surface area contributed by atoms with Crippen molar-refractivity contribution in [1.82, 2.24) is 15.2 Å². The molecular formula is C22H31IN4O2. The average Bonchev–Trinajstić information content (AvgIpc) is 3.18. The Morgan fingerprint density at radius 3 is 2.79 bits per heavy atom. The first-order valence-electron chi connectivity index (χ1n) is 9.74. The van der Waals surface area contributed by atoms with Crippen molar-refractivity contribution >= 4 is 29.9 Å². The second kappa shape index (κ2) is 11.3. The molecular weight excluding hydrogens is 479 g/mol. The van der Waals surface area contributed by atoms with E-state index in [0.29, 0.717) is 18.3 Å². The summed E-state index contributed by atoms with van der Waals surface area (Å²) < 4.78 is 11.4. The van der Waals surface area contributed by atoms with Gasteiger partial charge in [0.1, 0.15) is 5.75 Å². The van der Waals surface area contributed by atoms with E-state index in [-0.39, 0.29) is 24.0 Å². The fourth-order valence-corrected chi connectivity index (χ4v) is 3.28. The zero-order valence-electron chi connectivity index (χ0n) is 17.6. The lowest BCUT2D eigenvalue weighted by Crippen LogP contribution is -2.41. The topological polar surface area (TPSA) is 59.0 Å². The van der Waals surface area contributed by atoms with Crippen LogP contribution in [-0.4, -0.2) is 49.7 Å². The summed E-state index contributed by atoms with van der Waals surface area (Å²) in [6.07, 6.45) is 2.89. The van der Waals surface area contributed by atoms with E-state index in [1.807, 2.05) is 31.3 Å². The van der Waals surface area contributed by atoms with Crippen LogP contribution in [0.3, 0.4) is 0 Å². The summed E-state index contributed by atoms with van der Waals surface area (Å²) in [5.41, 5.74) is 3.54. The van der Waals surface area contributed by atoms with Crippen LogP contribution in [-0.2, 0) is 11.3 Å². The lowest BCUT2D eigenvalue weighted by atomic mass is 10.1. The van der Waals surface area contributed by atoms with Crippen molar-refractivity contribution in [3.63, 3.8) is 0 Å². The van der Waals surface area contributed by atoms with Gasteiger partial charge in [-0.15, -0.1) is 24.0 Å². The van der Waals surface area contributed by atoms with E-state index in [2.05, 4.69) is 47.2 Å². The highest BCUT2D eigenvalue weighted by molar-refractivity contribution is 14.0. The monoisotopic (exact) mass is 510 g/mol. The zero-order chi connectivity index (χ0) is 19.9. The number of halogens is 1. The Balaban J connectivity index is 0.00000300. The second-order valence-corrected chi connectivity index (χ2v) is 7.36. The first-order chi connectivity index (χ1) is 13.5. The van der Waals surface area contributed by atoms with Crippen LogP contribution in [0.25, 0.3) is 0 Å². The molecule has 0 bridgehead atoms. The molecule has 1 unspecified atom stereocenters. The van der Waals surface area contributed by atoms with E-state index in [1.54, 1.807) is 6.20 Å². The van der Waals surface area contributed by atoms with Crippen LogP contribution in [0.1, 0.15) is 23.1 Å². The number of rotatable bonds is 6. The first kappa shape index (κ1) is 23.4. The summed E-state index contributed by atoms with van der Waals surface area (Å²) in [6.45, 7) is 7.47. The molecule has 158 valence electrons. The highest BCUT2D eigenvalue weighted by Crippen LogP contribution is 2.22. The number of aliphatic imine (C=N–C) groups is 1. The number of guanidine groups is 1. The minimum Gasteiger partial charge on any atom is -0.439 e. The minimum atomic E-state index is 0. The van der Waals surface area contributed by atoms with Gasteiger partial charge in [-0.2, -0.15) is 0 Å². The number of aryl methyl sites for hydroxylation is 2. The molecule has 6 nitrogen and oxygen atoms in total. The minimum absolute atomic E-state index is 0. The third-order valence-electron chi connectivity index (χ3n) is 5.08. The number of aromatic nitrogens is 1. The highest BCUT2D eigenvalue weighted by Gasteiger charge is 2.19. The third kappa shape index (κ3) is 6.85. The molecule has 0 radical (unpaired) electrons. The average molecular weight is 510 g/mol. The second-order valence-electron chi connectivity index (χ2n) is 7.36. The van der Waals surface area contributed by atoms with Gasteiger partial charge in [0.15, 0.2) is 5.96 Å². The molecule has 29 heavy (non-hydrogen) atoms. The lowest BCUT2D eigenvalue weighted by Gasteiger charge is -2.24. The Labute approximate surface area is 190 Å². The normalized spacial score (nSPS) is 16.3. The predicted molar refractivity (Wildman–Crippen MR) is 127 cm³/mol. The van der Waals surface area contributed by atoms with Crippen molar-refractivity contribution in [1.29, 1.82) is 0 Å². The van der Waals surface area contributed by atoms with Crippen molar-refractivity contribution in [3.05, 3.63) is 53.2 Å². The number of ether oxygens (including phenoxy) is 2. The van der Waals surface area contributed by atoms with E-state index in [1.165, 1.54) is 11.1 Å². The van der Waals surface area contributed by atoms with E-state index in [9.17, 15) is 0 Å². The Morgan fingerprint density at radius 2 is 2.10 bits per heavy atom. The van der Waals surface area contributed by atoms with Crippen molar-refractivity contribution < 1.29 is 9.47 Å². The zero-order valence-corrected chi connectivity index (χ0v) is 20.0. The van der Waals surface area contributed by atoms with Gasteiger partial charge in [-0.05, 0) is 55.2 Å². The molecule has 0 saturated carbocycles. The summed E-state index contributed by atoms with van der Waals surface area (Å²) in [6, 6.07) is 10.0. The number of nitrogens with one attached hydrogen (secondary N) is 1. The largest absolute Gasteiger partial charge is 0.439 e. The number of hydrogen-bond donors (Lipinski definition) is 1. The van der Waals surface area contributed by atoms with Crippen molar-refractivity contribution in [3.8, 4) is 11.6 Å². The molecule has 0 spiro atoms. The van der Waals surface area contributed by atoms with Crippen molar-refractivity contribution in [2.75, 3.05) is 33.9 Å². The van der Waals surface area contributed by atoms with Gasteiger partial charge in [0.05, 0.1) is 6.61 Å². The number of hydrogen-bond acceptors (Lipinski definition) is 4. The van der Waals surface area contributed by atoms with Gasteiger partial charge >= 0.3 is 0 Å². The molecule has 1 aromatic heterocycles. The van der Waals surface area contributed by atoms with Gasteiger partial charge in [-0.1, -0.05) is 6.07 Å². The molecule has 1 aliphatic heterocycles. The van der Waals surface area contributed by atoms with E-state index >= 15 is 0 Å². The van der Waals surface area contributed by atoms with Crippen molar-refractivity contribution in [2.24, 2.45) is 10.9 Å². The number of benzene rings is 1. The Hall–Kier alpha value is -1.87. The molecule has 1 aliphatic rings. The standard InChI is InChI=1S/C22H30N4O2.HI/c1-16-5-6-20(11-17(16)2)28-21-12-18(7-9-24-21)13-25-22(23-3)26(4)14-19-8-10-27-15-19;/h5-7,9,11-12,19H,8,10,13-15H2,1-4H3,(H,23,25);1H. The maximum atomic E-state index is 5.93. The summed E-state index contributed by atoms with van der Waals surface area (Å²) in [5.74, 6) is 2.84. The molecule has 3 rings (SSSR count). The van der Waals surface area contributed by atoms with Gasteiger partial charge in [0.2, 0.25) is 5.88 Å². The summed E-state index contributed by atoms with van der Waals surface area (Å²) in [7, 11) is 3.87. The summed E-state index contributed by atoms with van der Waals surface area (Å²) in [4.78, 5) is 10.9. The number of pyridine rings is 1. The van der Waals surface area contributed by atoms with Gasteiger partial charge in [-0.25, -0.2) is 4.98 Å². The van der Waals surface area contributed by atoms with Crippen LogP contribution < -0.4 is 10.1 Å². The highest BCUT2D eigenvalue weighted by atomic mass is 127. The fraction of sp³-hybridized carbons (Fsp3) is 0.455. The maximum absolute atomic E-state index is 5.93. The molecule has 1 saturated heterocycles. The van der Waals surface area contributed by atoms with Crippen LogP contribution >= 0.6 is 24.0 Å². The molecule has 1 fully saturated rings. The van der Waals surface area contributed by atoms with Crippen LogP contribution in [0, 0.1) is 19.8 Å². The number of nitrogens with zero attached hydrogens (tertiary/aromatic N) is 3. The Bertz CT molecular complexity index is 822. The first-order valence-corrected chi connectivity index (χ1v) is 9.74. The van der Waals surface area contributed by atoms with Gasteiger partial charge < -0.3 is 19.7 Å². The fourth-order valence-electron chi connectivity index (χ4n) is 3.28. The molecule has 1 N–H and O–H groups in total.